The second-order valence-electron chi connectivity index (χ2n) is 5.41. The Balaban J connectivity index is 1.59. The van der Waals surface area contributed by atoms with Gasteiger partial charge in [0.05, 0.1) is 5.01 Å². The summed E-state index contributed by atoms with van der Waals surface area (Å²) in [5, 5.41) is 9.28. The second-order valence-corrected chi connectivity index (χ2v) is 7.54. The van der Waals surface area contributed by atoms with Gasteiger partial charge in [-0.2, -0.15) is 0 Å². The Kier molecular flexibility index (Phi) is 5.43. The Hall–Kier alpha value is -0.990. The molecule has 116 valence electrons. The monoisotopic (exact) mass is 427 g/mol. The molecule has 0 bridgehead atoms. The van der Waals surface area contributed by atoms with Gasteiger partial charge in [0, 0.05) is 21.4 Å². The molecule has 1 fully saturated rings. The average Bonchev–Trinajstić information content (AvgIpc) is 3.04. The lowest BCUT2D eigenvalue weighted by Gasteiger charge is -2.20. The SMILES string of the molecule is O=C(NCc1cccc(I)c1)c1csc(C2CCNCC2)n1. The molecule has 1 saturated heterocycles. The van der Waals surface area contributed by atoms with Crippen molar-refractivity contribution in [3.8, 4) is 0 Å². The van der Waals surface area contributed by atoms with Crippen LogP contribution in [0.15, 0.2) is 29.6 Å². The van der Waals surface area contributed by atoms with Crippen LogP contribution in [-0.4, -0.2) is 24.0 Å². The summed E-state index contributed by atoms with van der Waals surface area (Å²) in [5.74, 6) is 0.416. The standard InChI is InChI=1S/C16H18IN3OS/c17-13-3-1-2-11(8-13)9-19-15(21)14-10-22-16(20-14)12-4-6-18-7-5-12/h1-3,8,10,12,18H,4-7,9H2,(H,19,21). The van der Waals surface area contributed by atoms with Crippen molar-refractivity contribution in [3.05, 3.63) is 49.5 Å². The number of amides is 1. The molecule has 0 spiro atoms. The van der Waals surface area contributed by atoms with Crippen LogP contribution in [0.2, 0.25) is 0 Å². The number of piperidine rings is 1. The summed E-state index contributed by atoms with van der Waals surface area (Å²) >= 11 is 3.88. The Labute approximate surface area is 147 Å². The minimum absolute atomic E-state index is 0.0877. The van der Waals surface area contributed by atoms with E-state index in [1.165, 1.54) is 3.57 Å². The van der Waals surface area contributed by atoms with E-state index in [-0.39, 0.29) is 5.91 Å². The normalized spacial score (nSPS) is 15.7. The average molecular weight is 427 g/mol. The van der Waals surface area contributed by atoms with Gasteiger partial charge in [0.25, 0.3) is 5.91 Å². The van der Waals surface area contributed by atoms with Crippen LogP contribution in [-0.2, 0) is 6.54 Å². The fourth-order valence-electron chi connectivity index (χ4n) is 2.57. The van der Waals surface area contributed by atoms with Crippen molar-refractivity contribution in [2.45, 2.75) is 25.3 Å². The molecule has 4 nitrogen and oxygen atoms in total. The van der Waals surface area contributed by atoms with Crippen LogP contribution in [0.5, 0.6) is 0 Å². The number of rotatable bonds is 4. The number of aromatic nitrogens is 1. The molecule has 3 rings (SSSR count). The predicted octanol–water partition coefficient (Wildman–Crippen LogP) is 3.14. The van der Waals surface area contributed by atoms with Gasteiger partial charge in [0.1, 0.15) is 5.69 Å². The zero-order chi connectivity index (χ0) is 15.4. The third kappa shape index (κ3) is 4.05. The van der Waals surface area contributed by atoms with Gasteiger partial charge in [-0.3, -0.25) is 4.79 Å². The second kappa shape index (κ2) is 7.52. The molecule has 1 aliphatic rings. The molecule has 2 heterocycles. The van der Waals surface area contributed by atoms with E-state index < -0.39 is 0 Å². The van der Waals surface area contributed by atoms with E-state index >= 15 is 0 Å². The highest BCUT2D eigenvalue weighted by molar-refractivity contribution is 14.1. The number of hydrogen-bond acceptors (Lipinski definition) is 4. The summed E-state index contributed by atoms with van der Waals surface area (Å²) in [6.45, 7) is 2.62. The quantitative estimate of drug-likeness (QED) is 0.738. The highest BCUT2D eigenvalue weighted by Crippen LogP contribution is 2.27. The Morgan fingerprint density at radius 1 is 1.41 bits per heavy atom. The fraction of sp³-hybridized carbons (Fsp3) is 0.375. The van der Waals surface area contributed by atoms with E-state index in [9.17, 15) is 4.79 Å². The number of benzene rings is 1. The summed E-state index contributed by atoms with van der Waals surface area (Å²) in [6.07, 6.45) is 2.22. The van der Waals surface area contributed by atoms with Gasteiger partial charge in [0.15, 0.2) is 0 Å². The summed E-state index contributed by atoms with van der Waals surface area (Å²) in [7, 11) is 0. The molecular formula is C16H18IN3OS. The molecule has 0 aliphatic carbocycles. The van der Waals surface area contributed by atoms with E-state index in [1.54, 1.807) is 11.3 Å². The fourth-order valence-corrected chi connectivity index (χ4v) is 4.15. The maximum atomic E-state index is 12.2. The summed E-state index contributed by atoms with van der Waals surface area (Å²) in [5.41, 5.74) is 1.65. The highest BCUT2D eigenvalue weighted by Gasteiger charge is 2.20. The summed E-state index contributed by atoms with van der Waals surface area (Å²) in [4.78, 5) is 16.8. The zero-order valence-corrected chi connectivity index (χ0v) is 15.1. The molecule has 0 radical (unpaired) electrons. The Bertz CT molecular complexity index is 652. The largest absolute Gasteiger partial charge is 0.347 e. The van der Waals surface area contributed by atoms with Crippen molar-refractivity contribution in [3.63, 3.8) is 0 Å². The lowest BCUT2D eigenvalue weighted by atomic mass is 9.99. The molecule has 1 aliphatic heterocycles. The number of hydrogen-bond donors (Lipinski definition) is 2. The van der Waals surface area contributed by atoms with Crippen LogP contribution in [0, 0.1) is 3.57 Å². The van der Waals surface area contributed by atoms with E-state index in [0.29, 0.717) is 18.2 Å². The third-order valence-electron chi connectivity index (χ3n) is 3.79. The van der Waals surface area contributed by atoms with Crippen LogP contribution in [0.4, 0.5) is 0 Å². The molecule has 22 heavy (non-hydrogen) atoms. The predicted molar refractivity (Wildman–Crippen MR) is 97.3 cm³/mol. The van der Waals surface area contributed by atoms with E-state index in [2.05, 4.69) is 44.3 Å². The number of nitrogens with one attached hydrogen (secondary N) is 2. The van der Waals surface area contributed by atoms with Gasteiger partial charge in [-0.05, 0) is 66.2 Å². The van der Waals surface area contributed by atoms with Gasteiger partial charge in [-0.1, -0.05) is 12.1 Å². The van der Waals surface area contributed by atoms with Crippen molar-refractivity contribution >= 4 is 39.8 Å². The van der Waals surface area contributed by atoms with Crippen LogP contribution in [0.3, 0.4) is 0 Å². The molecule has 0 atom stereocenters. The first-order valence-corrected chi connectivity index (χ1v) is 9.37. The van der Waals surface area contributed by atoms with E-state index in [1.807, 2.05) is 23.6 Å². The summed E-state index contributed by atoms with van der Waals surface area (Å²) < 4.78 is 1.17. The van der Waals surface area contributed by atoms with Gasteiger partial charge in [0.2, 0.25) is 0 Å². The minimum atomic E-state index is -0.0877. The van der Waals surface area contributed by atoms with Crippen molar-refractivity contribution < 1.29 is 4.79 Å². The van der Waals surface area contributed by atoms with E-state index in [0.717, 1.165) is 36.5 Å². The maximum absolute atomic E-state index is 12.2. The van der Waals surface area contributed by atoms with Crippen molar-refractivity contribution in [1.82, 2.24) is 15.6 Å². The number of nitrogens with zero attached hydrogens (tertiary/aromatic N) is 1. The number of halogens is 1. The lowest BCUT2D eigenvalue weighted by Crippen LogP contribution is -2.27. The topological polar surface area (TPSA) is 54.0 Å². The molecule has 2 N–H and O–H groups in total. The zero-order valence-electron chi connectivity index (χ0n) is 12.1. The first-order valence-electron chi connectivity index (χ1n) is 7.41. The third-order valence-corrected chi connectivity index (χ3v) is 5.46. The van der Waals surface area contributed by atoms with E-state index in [4.69, 9.17) is 0 Å². The molecule has 1 aromatic heterocycles. The van der Waals surface area contributed by atoms with Crippen molar-refractivity contribution in [2.24, 2.45) is 0 Å². The number of carbonyl (C=O) groups excluding carboxylic acids is 1. The molecule has 0 saturated carbocycles. The smallest absolute Gasteiger partial charge is 0.271 e. The first-order chi connectivity index (χ1) is 10.7. The van der Waals surface area contributed by atoms with Crippen molar-refractivity contribution in [2.75, 3.05) is 13.1 Å². The van der Waals surface area contributed by atoms with Crippen LogP contribution < -0.4 is 10.6 Å². The van der Waals surface area contributed by atoms with Gasteiger partial charge < -0.3 is 10.6 Å². The van der Waals surface area contributed by atoms with Gasteiger partial charge in [-0.25, -0.2) is 4.98 Å². The van der Waals surface area contributed by atoms with Crippen LogP contribution >= 0.6 is 33.9 Å². The van der Waals surface area contributed by atoms with Gasteiger partial charge >= 0.3 is 0 Å². The minimum Gasteiger partial charge on any atom is -0.347 e. The maximum Gasteiger partial charge on any atom is 0.271 e. The Morgan fingerprint density at radius 3 is 3.00 bits per heavy atom. The molecule has 0 unspecified atom stereocenters. The molecule has 6 heteroatoms. The Morgan fingerprint density at radius 2 is 2.23 bits per heavy atom. The first kappa shape index (κ1) is 15.9. The summed E-state index contributed by atoms with van der Waals surface area (Å²) in [6, 6.07) is 8.13. The van der Waals surface area contributed by atoms with Gasteiger partial charge in [-0.15, -0.1) is 11.3 Å². The lowest BCUT2D eigenvalue weighted by molar-refractivity contribution is 0.0946. The molecule has 2 aromatic rings. The number of carbonyl (C=O) groups is 1. The van der Waals surface area contributed by atoms with Crippen molar-refractivity contribution in [1.29, 1.82) is 0 Å². The molecule has 1 aromatic carbocycles. The molecular weight excluding hydrogens is 409 g/mol. The van der Waals surface area contributed by atoms with Crippen LogP contribution in [0.1, 0.15) is 39.8 Å². The highest BCUT2D eigenvalue weighted by atomic mass is 127. The molecule has 1 amide bonds. The van der Waals surface area contributed by atoms with Crippen LogP contribution in [0.25, 0.3) is 0 Å². The number of thiazole rings is 1.